The highest BCUT2D eigenvalue weighted by molar-refractivity contribution is 7.89. The molecule has 3 rings (SSSR count). The fourth-order valence-corrected chi connectivity index (χ4v) is 3.85. The largest absolute Gasteiger partial charge is 0.491 e. The summed E-state index contributed by atoms with van der Waals surface area (Å²) in [6.45, 7) is 4.55. The number of hydrogen-bond acceptors (Lipinski definition) is 5. The molecule has 1 aliphatic heterocycles. The molecule has 0 atom stereocenters. The second-order valence-corrected chi connectivity index (χ2v) is 7.44. The van der Waals surface area contributed by atoms with Crippen LogP contribution >= 0.6 is 0 Å². The Morgan fingerprint density at radius 1 is 1.27 bits per heavy atom. The molecule has 0 bridgehead atoms. The van der Waals surface area contributed by atoms with Crippen LogP contribution in [0.1, 0.15) is 25.2 Å². The van der Waals surface area contributed by atoms with Crippen molar-refractivity contribution in [2.75, 3.05) is 6.54 Å². The molecule has 0 unspecified atom stereocenters. The third-order valence-corrected chi connectivity index (χ3v) is 5.36. The SMILES string of the molecule is CC(C)Oc1ccc(S(=O)(=O)N2CCc3oncc3C2)cc1. The smallest absolute Gasteiger partial charge is 0.243 e. The number of nitrogens with zero attached hydrogens (tertiary/aromatic N) is 2. The van der Waals surface area contributed by atoms with Gasteiger partial charge in [-0.3, -0.25) is 0 Å². The minimum Gasteiger partial charge on any atom is -0.491 e. The van der Waals surface area contributed by atoms with Crippen LogP contribution in [-0.2, 0) is 23.0 Å². The molecule has 0 N–H and O–H groups in total. The fourth-order valence-electron chi connectivity index (χ4n) is 2.43. The lowest BCUT2D eigenvalue weighted by Crippen LogP contribution is -2.35. The highest BCUT2D eigenvalue weighted by atomic mass is 32.2. The van der Waals surface area contributed by atoms with E-state index in [2.05, 4.69) is 5.16 Å². The second kappa shape index (κ2) is 5.73. The summed E-state index contributed by atoms with van der Waals surface area (Å²) in [6.07, 6.45) is 2.18. The molecule has 1 aliphatic rings. The van der Waals surface area contributed by atoms with Gasteiger partial charge in [-0.15, -0.1) is 0 Å². The first-order valence-corrected chi connectivity index (χ1v) is 8.60. The first kappa shape index (κ1) is 15.1. The van der Waals surface area contributed by atoms with E-state index in [1.54, 1.807) is 30.5 Å². The summed E-state index contributed by atoms with van der Waals surface area (Å²) < 4.78 is 37.4. The minimum atomic E-state index is -3.52. The third kappa shape index (κ3) is 2.86. The van der Waals surface area contributed by atoms with Gasteiger partial charge in [-0.2, -0.15) is 4.31 Å². The van der Waals surface area contributed by atoms with Crippen LogP contribution in [0.25, 0.3) is 0 Å². The van der Waals surface area contributed by atoms with Gasteiger partial charge in [0.25, 0.3) is 0 Å². The molecule has 0 spiro atoms. The minimum absolute atomic E-state index is 0.0524. The maximum atomic E-state index is 12.7. The van der Waals surface area contributed by atoms with E-state index in [4.69, 9.17) is 9.26 Å². The van der Waals surface area contributed by atoms with Gasteiger partial charge in [0, 0.05) is 25.1 Å². The normalized spacial score (nSPS) is 15.8. The van der Waals surface area contributed by atoms with Crippen molar-refractivity contribution in [3.8, 4) is 5.75 Å². The van der Waals surface area contributed by atoms with Gasteiger partial charge in [-0.05, 0) is 38.1 Å². The summed E-state index contributed by atoms with van der Waals surface area (Å²) >= 11 is 0. The predicted molar refractivity (Wildman–Crippen MR) is 80.0 cm³/mol. The average Bonchev–Trinajstić information content (AvgIpc) is 2.94. The zero-order valence-corrected chi connectivity index (χ0v) is 13.3. The molecule has 1 aromatic heterocycles. The van der Waals surface area contributed by atoms with Crippen LogP contribution in [0.5, 0.6) is 5.75 Å². The van der Waals surface area contributed by atoms with Gasteiger partial charge in [0.2, 0.25) is 10.0 Å². The Kier molecular flexibility index (Phi) is 3.92. The molecule has 0 radical (unpaired) electrons. The van der Waals surface area contributed by atoms with Crippen LogP contribution in [0.2, 0.25) is 0 Å². The summed E-state index contributed by atoms with van der Waals surface area (Å²) in [5.74, 6) is 1.43. The van der Waals surface area contributed by atoms with Gasteiger partial charge in [0.05, 0.1) is 17.2 Å². The Bertz CT molecular complexity index is 750. The standard InChI is InChI=1S/C15H18N2O4S/c1-11(2)20-13-3-5-14(6-4-13)22(18,19)17-8-7-15-12(10-17)9-16-21-15/h3-6,9,11H,7-8,10H2,1-2H3. The maximum Gasteiger partial charge on any atom is 0.243 e. The average molecular weight is 322 g/mol. The molecule has 6 nitrogen and oxygen atoms in total. The predicted octanol–water partition coefficient (Wildman–Crippen LogP) is 2.21. The lowest BCUT2D eigenvalue weighted by Gasteiger charge is -2.25. The van der Waals surface area contributed by atoms with Gasteiger partial charge >= 0.3 is 0 Å². The molecular formula is C15H18N2O4S. The summed E-state index contributed by atoms with van der Waals surface area (Å²) in [6, 6.07) is 6.52. The number of rotatable bonds is 4. The van der Waals surface area contributed by atoms with Crippen LogP contribution in [-0.4, -0.2) is 30.5 Å². The summed E-state index contributed by atoms with van der Waals surface area (Å²) in [7, 11) is -3.52. The van der Waals surface area contributed by atoms with Gasteiger partial charge in [-0.1, -0.05) is 5.16 Å². The summed E-state index contributed by atoms with van der Waals surface area (Å²) in [4.78, 5) is 0.267. The molecule has 0 aliphatic carbocycles. The molecule has 0 saturated carbocycles. The monoisotopic (exact) mass is 322 g/mol. The van der Waals surface area contributed by atoms with E-state index in [9.17, 15) is 8.42 Å². The van der Waals surface area contributed by atoms with Crippen molar-refractivity contribution >= 4 is 10.0 Å². The van der Waals surface area contributed by atoms with Crippen molar-refractivity contribution in [3.63, 3.8) is 0 Å². The van der Waals surface area contributed by atoms with Crippen LogP contribution in [0.15, 0.2) is 39.9 Å². The molecule has 118 valence electrons. The number of benzene rings is 1. The van der Waals surface area contributed by atoms with Crippen molar-refractivity contribution in [2.24, 2.45) is 0 Å². The zero-order chi connectivity index (χ0) is 15.7. The highest BCUT2D eigenvalue weighted by Crippen LogP contribution is 2.26. The number of sulfonamides is 1. The van der Waals surface area contributed by atoms with Crippen molar-refractivity contribution in [2.45, 2.75) is 37.8 Å². The first-order chi connectivity index (χ1) is 10.5. The number of hydrogen-bond donors (Lipinski definition) is 0. The van der Waals surface area contributed by atoms with Gasteiger partial charge < -0.3 is 9.26 Å². The van der Waals surface area contributed by atoms with Crippen molar-refractivity contribution in [1.82, 2.24) is 9.46 Å². The van der Waals surface area contributed by atoms with Crippen LogP contribution in [0, 0.1) is 0 Å². The van der Waals surface area contributed by atoms with E-state index in [1.807, 2.05) is 13.8 Å². The van der Waals surface area contributed by atoms with E-state index in [-0.39, 0.29) is 11.0 Å². The van der Waals surface area contributed by atoms with Crippen molar-refractivity contribution < 1.29 is 17.7 Å². The summed E-state index contributed by atoms with van der Waals surface area (Å²) in [5, 5.41) is 3.72. The van der Waals surface area contributed by atoms with E-state index < -0.39 is 10.0 Å². The Labute approximate surface area is 129 Å². The molecule has 0 amide bonds. The van der Waals surface area contributed by atoms with Crippen molar-refractivity contribution in [1.29, 1.82) is 0 Å². The van der Waals surface area contributed by atoms with Crippen LogP contribution < -0.4 is 4.74 Å². The van der Waals surface area contributed by atoms with Crippen molar-refractivity contribution in [3.05, 3.63) is 41.8 Å². The lowest BCUT2D eigenvalue weighted by molar-refractivity contribution is 0.242. The van der Waals surface area contributed by atoms with Crippen LogP contribution in [0.3, 0.4) is 0 Å². The Balaban J connectivity index is 1.81. The third-order valence-electron chi connectivity index (χ3n) is 3.50. The Morgan fingerprint density at radius 3 is 2.68 bits per heavy atom. The van der Waals surface area contributed by atoms with E-state index in [0.29, 0.717) is 25.3 Å². The Hall–Kier alpha value is -1.86. The van der Waals surface area contributed by atoms with E-state index >= 15 is 0 Å². The molecule has 7 heteroatoms. The number of aromatic nitrogens is 1. The highest BCUT2D eigenvalue weighted by Gasteiger charge is 2.30. The number of fused-ring (bicyclic) bond motifs is 1. The summed E-state index contributed by atoms with van der Waals surface area (Å²) in [5.41, 5.74) is 0.828. The quantitative estimate of drug-likeness (QED) is 0.863. The molecule has 2 aromatic rings. The van der Waals surface area contributed by atoms with Crippen LogP contribution in [0.4, 0.5) is 0 Å². The van der Waals surface area contributed by atoms with E-state index in [1.165, 1.54) is 4.31 Å². The molecule has 0 fully saturated rings. The molecule has 2 heterocycles. The zero-order valence-electron chi connectivity index (χ0n) is 12.5. The van der Waals surface area contributed by atoms with Gasteiger partial charge in [-0.25, -0.2) is 8.42 Å². The van der Waals surface area contributed by atoms with Gasteiger partial charge in [0.15, 0.2) is 0 Å². The first-order valence-electron chi connectivity index (χ1n) is 7.16. The topological polar surface area (TPSA) is 72.6 Å². The molecular weight excluding hydrogens is 304 g/mol. The molecule has 1 aromatic carbocycles. The molecule has 22 heavy (non-hydrogen) atoms. The second-order valence-electron chi connectivity index (χ2n) is 5.50. The van der Waals surface area contributed by atoms with E-state index in [0.717, 1.165) is 11.3 Å². The fraction of sp³-hybridized carbons (Fsp3) is 0.400. The number of ether oxygens (including phenoxy) is 1. The lowest BCUT2D eigenvalue weighted by atomic mass is 10.1. The van der Waals surface area contributed by atoms with Gasteiger partial charge in [0.1, 0.15) is 11.5 Å². The molecule has 0 saturated heterocycles. The Morgan fingerprint density at radius 2 is 2.00 bits per heavy atom. The maximum absolute atomic E-state index is 12.7.